The number of hydrogen-bond donors (Lipinski definition) is 2. The Labute approximate surface area is 121 Å². The molecule has 1 amide bonds. The summed E-state index contributed by atoms with van der Waals surface area (Å²) in [5, 5.41) is 7.70. The van der Waals surface area contributed by atoms with Gasteiger partial charge in [0.05, 0.1) is 17.5 Å². The van der Waals surface area contributed by atoms with Crippen LogP contribution in [-0.2, 0) is 12.8 Å². The van der Waals surface area contributed by atoms with E-state index in [1.807, 2.05) is 6.20 Å². The summed E-state index contributed by atoms with van der Waals surface area (Å²) < 4.78 is 0. The molecule has 0 aromatic carbocycles. The average Bonchev–Trinajstić information content (AvgIpc) is 3.06. The Morgan fingerprint density at radius 3 is 3.30 bits per heavy atom. The van der Waals surface area contributed by atoms with E-state index in [-0.39, 0.29) is 5.91 Å². The first kappa shape index (κ1) is 13.1. The minimum absolute atomic E-state index is 0.132. The van der Waals surface area contributed by atoms with E-state index in [0.717, 1.165) is 37.9 Å². The van der Waals surface area contributed by atoms with Gasteiger partial charge in [-0.2, -0.15) is 9.89 Å². The second kappa shape index (κ2) is 5.62. The monoisotopic (exact) mass is 291 g/mol. The third-order valence-corrected chi connectivity index (χ3v) is 4.21. The molecule has 0 unspecified atom stereocenters. The standard InChI is InChI=1S/C13H17N5OS/c1-2-4-9-7-14-13(20-9)17-12(19)10-8-16-18-11(10)5-3-6-15-18/h7-8,15H,2-6H2,1H3,(H,14,17,19). The van der Waals surface area contributed by atoms with Crippen LogP contribution in [0.1, 0.15) is 40.7 Å². The molecule has 1 aliphatic heterocycles. The normalized spacial score (nSPS) is 13.7. The van der Waals surface area contributed by atoms with Gasteiger partial charge >= 0.3 is 0 Å². The summed E-state index contributed by atoms with van der Waals surface area (Å²) in [7, 11) is 0. The molecule has 6 nitrogen and oxygen atoms in total. The van der Waals surface area contributed by atoms with Crippen molar-refractivity contribution in [2.45, 2.75) is 32.6 Å². The van der Waals surface area contributed by atoms with Gasteiger partial charge in [0.1, 0.15) is 0 Å². The predicted octanol–water partition coefficient (Wildman–Crippen LogP) is 2.03. The highest BCUT2D eigenvalue weighted by molar-refractivity contribution is 7.15. The maximum atomic E-state index is 12.3. The van der Waals surface area contributed by atoms with Crippen LogP contribution in [0.2, 0.25) is 0 Å². The highest BCUT2D eigenvalue weighted by atomic mass is 32.1. The van der Waals surface area contributed by atoms with Crippen LogP contribution in [-0.4, -0.2) is 27.3 Å². The number of nitrogens with one attached hydrogen (secondary N) is 2. The van der Waals surface area contributed by atoms with Gasteiger partial charge in [-0.05, 0) is 19.3 Å². The number of thiazole rings is 1. The molecule has 0 spiro atoms. The van der Waals surface area contributed by atoms with E-state index in [1.165, 1.54) is 16.2 Å². The van der Waals surface area contributed by atoms with Crippen molar-refractivity contribution in [2.24, 2.45) is 0 Å². The van der Waals surface area contributed by atoms with E-state index in [4.69, 9.17) is 0 Å². The maximum Gasteiger partial charge on any atom is 0.261 e. The van der Waals surface area contributed by atoms with Crippen molar-refractivity contribution in [3.63, 3.8) is 0 Å². The molecule has 0 aliphatic carbocycles. The molecule has 20 heavy (non-hydrogen) atoms. The van der Waals surface area contributed by atoms with Crippen molar-refractivity contribution in [1.29, 1.82) is 0 Å². The van der Waals surface area contributed by atoms with Crippen LogP contribution in [0.15, 0.2) is 12.4 Å². The Bertz CT molecular complexity index is 618. The number of amides is 1. The Morgan fingerprint density at radius 1 is 1.55 bits per heavy atom. The lowest BCUT2D eigenvalue weighted by Gasteiger charge is -2.16. The Hall–Kier alpha value is -1.89. The fourth-order valence-corrected chi connectivity index (χ4v) is 3.18. The number of rotatable bonds is 4. The van der Waals surface area contributed by atoms with Crippen LogP contribution in [0, 0.1) is 0 Å². The molecule has 2 N–H and O–H groups in total. The second-order valence-corrected chi connectivity index (χ2v) is 5.88. The largest absolute Gasteiger partial charge is 0.310 e. The summed E-state index contributed by atoms with van der Waals surface area (Å²) in [6.45, 7) is 3.02. The fourth-order valence-electron chi connectivity index (χ4n) is 2.27. The number of hydrogen-bond acceptors (Lipinski definition) is 5. The van der Waals surface area contributed by atoms with E-state index in [9.17, 15) is 4.79 Å². The predicted molar refractivity (Wildman–Crippen MR) is 78.8 cm³/mol. The summed E-state index contributed by atoms with van der Waals surface area (Å²) in [6, 6.07) is 0. The number of nitrogens with zero attached hydrogens (tertiary/aromatic N) is 3. The van der Waals surface area contributed by atoms with Crippen LogP contribution in [0.25, 0.3) is 0 Å². The Kier molecular flexibility index (Phi) is 3.68. The minimum Gasteiger partial charge on any atom is -0.310 e. The number of aromatic nitrogens is 3. The molecule has 2 aromatic heterocycles. The van der Waals surface area contributed by atoms with Crippen LogP contribution >= 0.6 is 11.3 Å². The minimum atomic E-state index is -0.132. The van der Waals surface area contributed by atoms with Gasteiger partial charge < -0.3 is 5.43 Å². The number of aryl methyl sites for hydroxylation is 1. The fraction of sp³-hybridized carbons (Fsp3) is 0.462. The lowest BCUT2D eigenvalue weighted by atomic mass is 10.1. The molecular weight excluding hydrogens is 274 g/mol. The van der Waals surface area contributed by atoms with Gasteiger partial charge in [-0.15, -0.1) is 11.3 Å². The average molecular weight is 291 g/mol. The molecule has 3 rings (SSSR count). The van der Waals surface area contributed by atoms with E-state index in [1.54, 1.807) is 11.0 Å². The van der Waals surface area contributed by atoms with Crippen molar-refractivity contribution in [2.75, 3.05) is 17.3 Å². The van der Waals surface area contributed by atoms with Gasteiger partial charge in [-0.25, -0.2) is 4.98 Å². The third kappa shape index (κ3) is 2.53. The van der Waals surface area contributed by atoms with Gasteiger partial charge in [-0.3, -0.25) is 10.1 Å². The first-order valence-corrected chi connectivity index (χ1v) is 7.66. The topological polar surface area (TPSA) is 71.8 Å². The van der Waals surface area contributed by atoms with Gasteiger partial charge in [0.2, 0.25) is 0 Å². The highest BCUT2D eigenvalue weighted by Crippen LogP contribution is 2.21. The molecule has 106 valence electrons. The van der Waals surface area contributed by atoms with Crippen molar-refractivity contribution in [1.82, 2.24) is 14.9 Å². The van der Waals surface area contributed by atoms with E-state index in [0.29, 0.717) is 10.7 Å². The van der Waals surface area contributed by atoms with E-state index >= 15 is 0 Å². The summed E-state index contributed by atoms with van der Waals surface area (Å²) in [5.41, 5.74) is 4.71. The summed E-state index contributed by atoms with van der Waals surface area (Å²) in [5.74, 6) is -0.132. The smallest absolute Gasteiger partial charge is 0.261 e. The molecule has 2 aromatic rings. The Balaban J connectivity index is 1.74. The van der Waals surface area contributed by atoms with Crippen LogP contribution < -0.4 is 10.7 Å². The number of fused-ring (bicyclic) bond motifs is 1. The molecule has 0 fully saturated rings. The zero-order chi connectivity index (χ0) is 13.9. The van der Waals surface area contributed by atoms with E-state index < -0.39 is 0 Å². The zero-order valence-electron chi connectivity index (χ0n) is 11.3. The lowest BCUT2D eigenvalue weighted by Crippen LogP contribution is -2.26. The second-order valence-electron chi connectivity index (χ2n) is 4.76. The molecule has 7 heteroatoms. The molecule has 0 saturated heterocycles. The Morgan fingerprint density at radius 2 is 2.45 bits per heavy atom. The van der Waals surface area contributed by atoms with Crippen molar-refractivity contribution in [3.8, 4) is 0 Å². The number of anilines is 1. The number of carbonyl (C=O) groups is 1. The summed E-state index contributed by atoms with van der Waals surface area (Å²) >= 11 is 1.53. The molecule has 0 radical (unpaired) electrons. The molecule has 0 bridgehead atoms. The summed E-state index contributed by atoms with van der Waals surface area (Å²) in [6.07, 6.45) is 7.42. The lowest BCUT2D eigenvalue weighted by molar-refractivity contribution is 0.102. The maximum absolute atomic E-state index is 12.3. The van der Waals surface area contributed by atoms with Crippen LogP contribution in [0.5, 0.6) is 0 Å². The van der Waals surface area contributed by atoms with Gasteiger partial charge in [0.15, 0.2) is 5.13 Å². The summed E-state index contributed by atoms with van der Waals surface area (Å²) in [4.78, 5) is 19.4. The quantitative estimate of drug-likeness (QED) is 0.904. The first-order chi connectivity index (χ1) is 9.78. The van der Waals surface area contributed by atoms with E-state index in [2.05, 4.69) is 27.7 Å². The third-order valence-electron chi connectivity index (χ3n) is 3.24. The van der Waals surface area contributed by atoms with Crippen LogP contribution in [0.3, 0.4) is 0 Å². The van der Waals surface area contributed by atoms with Crippen molar-refractivity contribution < 1.29 is 4.79 Å². The van der Waals surface area contributed by atoms with Gasteiger partial charge in [0, 0.05) is 17.6 Å². The first-order valence-electron chi connectivity index (χ1n) is 6.84. The molecular formula is C13H17N5OS. The molecule has 0 saturated carbocycles. The van der Waals surface area contributed by atoms with Crippen molar-refractivity contribution >= 4 is 22.4 Å². The van der Waals surface area contributed by atoms with Gasteiger partial charge in [0.25, 0.3) is 5.91 Å². The molecule has 3 heterocycles. The number of carbonyl (C=O) groups excluding carboxylic acids is 1. The van der Waals surface area contributed by atoms with Gasteiger partial charge in [-0.1, -0.05) is 13.3 Å². The highest BCUT2D eigenvalue weighted by Gasteiger charge is 2.20. The van der Waals surface area contributed by atoms with Crippen molar-refractivity contribution in [3.05, 3.63) is 28.5 Å². The molecule has 1 aliphatic rings. The zero-order valence-corrected chi connectivity index (χ0v) is 12.2. The molecule has 0 atom stereocenters. The SMILES string of the molecule is CCCc1cnc(NC(=O)c2cnn3c2CCCN3)s1. The van der Waals surface area contributed by atoms with Crippen LogP contribution in [0.4, 0.5) is 5.13 Å².